The second kappa shape index (κ2) is 9.27. The molecule has 1 aromatic heterocycles. The molecule has 32 heavy (non-hydrogen) atoms. The first-order valence-corrected chi connectivity index (χ1v) is 10.2. The summed E-state index contributed by atoms with van der Waals surface area (Å²) in [5.74, 6) is -1.68. The molecule has 1 aromatic carbocycles. The lowest BCUT2D eigenvalue weighted by molar-refractivity contribution is -0.140. The van der Waals surface area contributed by atoms with E-state index in [0.717, 1.165) is 17.7 Å². The van der Waals surface area contributed by atoms with Crippen LogP contribution in [0.4, 0.5) is 28.3 Å². The van der Waals surface area contributed by atoms with Gasteiger partial charge in [0, 0.05) is 12.5 Å². The van der Waals surface area contributed by atoms with Crippen molar-refractivity contribution in [3.8, 4) is 0 Å². The van der Waals surface area contributed by atoms with Gasteiger partial charge in [-0.25, -0.2) is 19.2 Å². The molecule has 11 heteroatoms. The van der Waals surface area contributed by atoms with Gasteiger partial charge in [0.1, 0.15) is 5.82 Å². The average molecular weight is 455 g/mol. The van der Waals surface area contributed by atoms with Crippen LogP contribution >= 0.6 is 0 Å². The Morgan fingerprint density at radius 3 is 2.62 bits per heavy atom. The molecule has 0 unspecified atom stereocenters. The number of carbonyl (C=O) groups is 1. The van der Waals surface area contributed by atoms with Crippen LogP contribution in [0, 0.1) is 5.82 Å². The van der Waals surface area contributed by atoms with Crippen LogP contribution in [0.3, 0.4) is 0 Å². The standard InChI is InChI=1S/C21H25F4N5O2/c1-3-13(10-31)27-20-28-17-9-30(19(26)32)7-6-14(17)18(29-20)11(2)12-4-5-15(16(22)8-12)21(23,24)25/h4-5,8,11,13,31H,3,6-7,9-10H2,1-2H3,(H2,26,32)(H,27,28,29)/t11-,13+/m1/s1. The summed E-state index contributed by atoms with van der Waals surface area (Å²) < 4.78 is 53.0. The largest absolute Gasteiger partial charge is 0.419 e. The number of nitrogens with two attached hydrogens (primary N) is 1. The van der Waals surface area contributed by atoms with Crippen molar-refractivity contribution in [3.63, 3.8) is 0 Å². The lowest BCUT2D eigenvalue weighted by Crippen LogP contribution is -2.40. The van der Waals surface area contributed by atoms with Gasteiger partial charge in [-0.05, 0) is 36.1 Å². The molecular formula is C21H25F4N5O2. The van der Waals surface area contributed by atoms with Gasteiger partial charge in [-0.1, -0.05) is 19.9 Å². The van der Waals surface area contributed by atoms with Crippen molar-refractivity contribution in [2.45, 2.75) is 51.4 Å². The van der Waals surface area contributed by atoms with E-state index >= 15 is 0 Å². The number of rotatable bonds is 6. The van der Waals surface area contributed by atoms with Crippen molar-refractivity contribution >= 4 is 12.0 Å². The van der Waals surface area contributed by atoms with E-state index in [1.165, 1.54) is 11.0 Å². The minimum atomic E-state index is -4.78. The van der Waals surface area contributed by atoms with Crippen LogP contribution in [0.15, 0.2) is 18.2 Å². The Kier molecular flexibility index (Phi) is 6.87. The molecule has 0 radical (unpaired) electrons. The first kappa shape index (κ1) is 23.7. The van der Waals surface area contributed by atoms with Crippen LogP contribution in [0.25, 0.3) is 0 Å². The lowest BCUT2D eigenvalue weighted by Gasteiger charge is -2.30. The van der Waals surface area contributed by atoms with Gasteiger partial charge < -0.3 is 21.1 Å². The molecule has 0 fully saturated rings. The molecular weight excluding hydrogens is 430 g/mol. The molecule has 2 amide bonds. The number of urea groups is 1. The number of hydrogen-bond donors (Lipinski definition) is 3. The summed E-state index contributed by atoms with van der Waals surface area (Å²) in [6.07, 6.45) is -3.79. The van der Waals surface area contributed by atoms with Crippen molar-refractivity contribution in [2.24, 2.45) is 5.73 Å². The number of hydrogen-bond acceptors (Lipinski definition) is 5. The summed E-state index contributed by atoms with van der Waals surface area (Å²) in [4.78, 5) is 22.1. The Morgan fingerprint density at radius 1 is 1.34 bits per heavy atom. The Hall–Kier alpha value is -2.95. The summed E-state index contributed by atoms with van der Waals surface area (Å²) in [6, 6.07) is 1.93. The summed E-state index contributed by atoms with van der Waals surface area (Å²) in [7, 11) is 0. The number of primary amides is 1. The van der Waals surface area contributed by atoms with Crippen LogP contribution in [0.2, 0.25) is 0 Å². The van der Waals surface area contributed by atoms with Crippen LogP contribution in [0.1, 0.15) is 54.3 Å². The zero-order valence-electron chi connectivity index (χ0n) is 17.7. The van der Waals surface area contributed by atoms with Crippen molar-refractivity contribution < 1.29 is 27.5 Å². The number of aliphatic hydroxyl groups excluding tert-OH is 1. The molecule has 1 aliphatic heterocycles. The molecule has 4 N–H and O–H groups in total. The number of fused-ring (bicyclic) bond motifs is 1. The molecule has 7 nitrogen and oxygen atoms in total. The Labute approximate surface area is 182 Å². The maximum atomic E-state index is 14.2. The number of nitrogens with zero attached hydrogens (tertiary/aromatic N) is 3. The highest BCUT2D eigenvalue weighted by Crippen LogP contribution is 2.35. The first-order valence-electron chi connectivity index (χ1n) is 10.2. The van der Waals surface area contributed by atoms with E-state index in [2.05, 4.69) is 15.3 Å². The third-order valence-electron chi connectivity index (χ3n) is 5.66. The predicted octanol–water partition coefficient (Wildman–Crippen LogP) is 3.41. The maximum absolute atomic E-state index is 14.2. The highest BCUT2D eigenvalue weighted by Gasteiger charge is 2.34. The highest BCUT2D eigenvalue weighted by molar-refractivity contribution is 5.72. The number of carbonyl (C=O) groups excluding carboxylic acids is 1. The molecule has 0 saturated heterocycles. The molecule has 2 aromatic rings. The number of halogens is 4. The maximum Gasteiger partial charge on any atom is 0.419 e. The van der Waals surface area contributed by atoms with Crippen molar-refractivity contribution in [1.29, 1.82) is 0 Å². The molecule has 1 aliphatic rings. The summed E-state index contributed by atoms with van der Waals surface area (Å²) in [6.45, 7) is 3.93. The predicted molar refractivity (Wildman–Crippen MR) is 109 cm³/mol. The number of aliphatic hydroxyl groups is 1. The molecule has 2 atom stereocenters. The second-order valence-corrected chi connectivity index (χ2v) is 7.76. The van der Waals surface area contributed by atoms with E-state index in [1.807, 2.05) is 6.92 Å². The molecule has 3 rings (SSSR count). The van der Waals surface area contributed by atoms with Gasteiger partial charge in [0.15, 0.2) is 0 Å². The summed E-state index contributed by atoms with van der Waals surface area (Å²) in [5.41, 5.74) is 6.22. The van der Waals surface area contributed by atoms with Gasteiger partial charge in [0.2, 0.25) is 5.95 Å². The lowest BCUT2D eigenvalue weighted by atomic mass is 9.90. The van der Waals surface area contributed by atoms with E-state index in [0.29, 0.717) is 36.3 Å². The van der Waals surface area contributed by atoms with Crippen LogP contribution in [-0.2, 0) is 19.1 Å². The monoisotopic (exact) mass is 455 g/mol. The van der Waals surface area contributed by atoms with Crippen LogP contribution in [-0.4, -0.2) is 45.2 Å². The van der Waals surface area contributed by atoms with Gasteiger partial charge in [-0.3, -0.25) is 0 Å². The summed E-state index contributed by atoms with van der Waals surface area (Å²) >= 11 is 0. The zero-order valence-corrected chi connectivity index (χ0v) is 17.7. The Bertz CT molecular complexity index is 995. The Morgan fingerprint density at radius 2 is 2.06 bits per heavy atom. The van der Waals surface area contributed by atoms with Crippen molar-refractivity contribution in [2.75, 3.05) is 18.5 Å². The van der Waals surface area contributed by atoms with E-state index in [-0.39, 0.29) is 25.1 Å². The smallest absolute Gasteiger partial charge is 0.394 e. The Balaban J connectivity index is 2.05. The third kappa shape index (κ3) is 4.93. The number of aromatic nitrogens is 2. The highest BCUT2D eigenvalue weighted by atomic mass is 19.4. The van der Waals surface area contributed by atoms with E-state index in [9.17, 15) is 27.5 Å². The quantitative estimate of drug-likeness (QED) is 0.579. The van der Waals surface area contributed by atoms with Gasteiger partial charge in [0.25, 0.3) is 0 Å². The van der Waals surface area contributed by atoms with Gasteiger partial charge in [-0.2, -0.15) is 13.2 Å². The summed E-state index contributed by atoms with van der Waals surface area (Å²) in [5, 5.41) is 12.5. The number of nitrogens with one attached hydrogen (secondary N) is 1. The number of amides is 2. The molecule has 0 spiro atoms. The average Bonchev–Trinajstić information content (AvgIpc) is 2.74. The number of benzene rings is 1. The van der Waals surface area contributed by atoms with Crippen LogP contribution in [0.5, 0.6) is 0 Å². The fourth-order valence-corrected chi connectivity index (χ4v) is 3.72. The number of anilines is 1. The minimum Gasteiger partial charge on any atom is -0.394 e. The molecule has 0 aliphatic carbocycles. The van der Waals surface area contributed by atoms with Gasteiger partial charge in [-0.15, -0.1) is 0 Å². The molecule has 0 saturated carbocycles. The number of alkyl halides is 3. The molecule has 174 valence electrons. The fraction of sp³-hybridized carbons (Fsp3) is 0.476. The van der Waals surface area contributed by atoms with Gasteiger partial charge in [0.05, 0.1) is 36.1 Å². The van der Waals surface area contributed by atoms with E-state index < -0.39 is 29.5 Å². The normalized spacial score (nSPS) is 15.8. The second-order valence-electron chi connectivity index (χ2n) is 7.76. The molecule has 0 bridgehead atoms. The zero-order chi connectivity index (χ0) is 23.6. The fourth-order valence-electron chi connectivity index (χ4n) is 3.72. The van der Waals surface area contributed by atoms with Crippen LogP contribution < -0.4 is 11.1 Å². The third-order valence-corrected chi connectivity index (χ3v) is 5.66. The minimum absolute atomic E-state index is 0.152. The van der Waals surface area contributed by atoms with Crippen molar-refractivity contribution in [1.82, 2.24) is 14.9 Å². The van der Waals surface area contributed by atoms with Gasteiger partial charge >= 0.3 is 12.2 Å². The first-order chi connectivity index (χ1) is 15.0. The van der Waals surface area contributed by atoms with E-state index in [4.69, 9.17) is 5.73 Å². The molecule has 2 heterocycles. The van der Waals surface area contributed by atoms with E-state index in [1.54, 1.807) is 6.92 Å². The van der Waals surface area contributed by atoms with Crippen molar-refractivity contribution in [3.05, 3.63) is 52.1 Å². The topological polar surface area (TPSA) is 104 Å². The SMILES string of the molecule is CC[C@@H](CO)Nc1nc2c(c([C@H](C)c3ccc(C(F)(F)F)c(F)c3)n1)CCN(C(N)=O)C2.